The molecule has 0 aliphatic carbocycles. The van der Waals surface area contributed by atoms with E-state index in [0.29, 0.717) is 5.92 Å². The number of pyridine rings is 2. The van der Waals surface area contributed by atoms with Crippen molar-refractivity contribution in [2.45, 2.75) is 25.3 Å². The van der Waals surface area contributed by atoms with Crippen LogP contribution >= 0.6 is 0 Å². The SMILES string of the molecule is CNc1ncccc1CN1CCCC(c2cccc(-c3ccccc3OC)n2)C1. The molecule has 2 aromatic heterocycles. The maximum atomic E-state index is 5.53. The standard InChI is InChI=1S/C24H28N4O/c1-25-24-19(8-6-14-26-24)17-28-15-7-9-18(16-28)21-11-5-12-22(27-21)20-10-3-4-13-23(20)29-2/h3-6,8,10-14,18H,7,9,15-17H2,1-2H3,(H,25,26). The van der Waals surface area contributed by atoms with E-state index in [1.54, 1.807) is 7.11 Å². The molecular weight excluding hydrogens is 360 g/mol. The van der Waals surface area contributed by atoms with E-state index in [0.717, 1.165) is 48.2 Å². The lowest BCUT2D eigenvalue weighted by atomic mass is 9.93. The van der Waals surface area contributed by atoms with Gasteiger partial charge in [0.05, 0.1) is 12.8 Å². The summed E-state index contributed by atoms with van der Waals surface area (Å²) >= 11 is 0. The Bertz CT molecular complexity index is 959. The van der Waals surface area contributed by atoms with Gasteiger partial charge < -0.3 is 10.1 Å². The minimum atomic E-state index is 0.438. The zero-order chi connectivity index (χ0) is 20.1. The molecule has 29 heavy (non-hydrogen) atoms. The van der Waals surface area contributed by atoms with Crippen molar-refractivity contribution in [2.24, 2.45) is 0 Å². The number of nitrogens with one attached hydrogen (secondary N) is 1. The van der Waals surface area contributed by atoms with Crippen molar-refractivity contribution in [1.29, 1.82) is 0 Å². The van der Waals surface area contributed by atoms with Crippen molar-refractivity contribution in [1.82, 2.24) is 14.9 Å². The summed E-state index contributed by atoms with van der Waals surface area (Å²) in [7, 11) is 3.64. The molecule has 0 bridgehead atoms. The third-order valence-electron chi connectivity index (χ3n) is 5.60. The van der Waals surface area contributed by atoms with Crippen LogP contribution in [0.1, 0.15) is 30.0 Å². The van der Waals surface area contributed by atoms with Gasteiger partial charge in [-0.05, 0) is 49.7 Å². The molecule has 1 aliphatic rings. The van der Waals surface area contributed by atoms with Gasteiger partial charge in [-0.1, -0.05) is 24.3 Å². The Kier molecular flexibility index (Phi) is 6.06. The Balaban J connectivity index is 1.53. The van der Waals surface area contributed by atoms with Crippen LogP contribution in [0.15, 0.2) is 60.8 Å². The van der Waals surface area contributed by atoms with Gasteiger partial charge in [-0.2, -0.15) is 0 Å². The Labute approximate surface area is 172 Å². The van der Waals surface area contributed by atoms with Crippen LogP contribution in [-0.2, 0) is 6.54 Å². The van der Waals surface area contributed by atoms with Crippen molar-refractivity contribution >= 4 is 5.82 Å². The van der Waals surface area contributed by atoms with Crippen LogP contribution in [0.2, 0.25) is 0 Å². The fourth-order valence-corrected chi connectivity index (χ4v) is 4.16. The third-order valence-corrected chi connectivity index (χ3v) is 5.60. The molecule has 0 spiro atoms. The first-order valence-electron chi connectivity index (χ1n) is 10.2. The van der Waals surface area contributed by atoms with Crippen LogP contribution in [0.25, 0.3) is 11.3 Å². The van der Waals surface area contributed by atoms with Crippen molar-refractivity contribution in [3.8, 4) is 17.0 Å². The fraction of sp³-hybridized carbons (Fsp3) is 0.333. The monoisotopic (exact) mass is 388 g/mol. The number of hydrogen-bond donors (Lipinski definition) is 1. The highest BCUT2D eigenvalue weighted by atomic mass is 16.5. The number of hydrogen-bond acceptors (Lipinski definition) is 5. The van der Waals surface area contributed by atoms with Crippen LogP contribution < -0.4 is 10.1 Å². The number of rotatable bonds is 6. The molecule has 1 atom stereocenters. The van der Waals surface area contributed by atoms with Gasteiger partial charge in [0.25, 0.3) is 0 Å². The highest BCUT2D eigenvalue weighted by Crippen LogP contribution is 2.32. The topological polar surface area (TPSA) is 50.3 Å². The highest BCUT2D eigenvalue weighted by molar-refractivity contribution is 5.67. The normalized spacial score (nSPS) is 17.1. The number of ether oxygens (including phenoxy) is 1. The molecule has 5 heteroatoms. The summed E-state index contributed by atoms with van der Waals surface area (Å²) in [5, 5.41) is 3.20. The highest BCUT2D eigenvalue weighted by Gasteiger charge is 2.23. The molecule has 3 aromatic rings. The molecule has 0 radical (unpaired) electrons. The number of piperidine rings is 1. The molecule has 4 rings (SSSR count). The molecule has 150 valence electrons. The van der Waals surface area contributed by atoms with E-state index in [2.05, 4.69) is 45.5 Å². The van der Waals surface area contributed by atoms with Crippen molar-refractivity contribution in [2.75, 3.05) is 32.6 Å². The van der Waals surface area contributed by atoms with Crippen LogP contribution in [-0.4, -0.2) is 42.1 Å². The van der Waals surface area contributed by atoms with E-state index in [1.807, 2.05) is 37.5 Å². The zero-order valence-electron chi connectivity index (χ0n) is 17.1. The van der Waals surface area contributed by atoms with Gasteiger partial charge in [0.15, 0.2) is 0 Å². The number of para-hydroxylation sites is 1. The molecule has 0 saturated carbocycles. The second-order valence-corrected chi connectivity index (χ2v) is 7.48. The Morgan fingerprint density at radius 3 is 2.86 bits per heavy atom. The molecule has 0 amide bonds. The molecule has 1 N–H and O–H groups in total. The van der Waals surface area contributed by atoms with Crippen LogP contribution in [0.4, 0.5) is 5.82 Å². The van der Waals surface area contributed by atoms with Gasteiger partial charge >= 0.3 is 0 Å². The third kappa shape index (κ3) is 4.40. The van der Waals surface area contributed by atoms with Crippen LogP contribution in [0, 0.1) is 0 Å². The summed E-state index contributed by atoms with van der Waals surface area (Å²) in [5.41, 5.74) is 4.42. The predicted octanol–water partition coefficient (Wildman–Crippen LogP) is 4.57. The molecule has 1 aliphatic heterocycles. The fourth-order valence-electron chi connectivity index (χ4n) is 4.16. The molecular formula is C24H28N4O. The first kappa shape index (κ1) is 19.4. The van der Waals surface area contributed by atoms with E-state index in [9.17, 15) is 0 Å². The van der Waals surface area contributed by atoms with Gasteiger partial charge in [-0.25, -0.2) is 4.98 Å². The van der Waals surface area contributed by atoms with E-state index >= 15 is 0 Å². The average molecular weight is 389 g/mol. The molecule has 1 saturated heterocycles. The molecule has 1 fully saturated rings. The van der Waals surface area contributed by atoms with Gasteiger partial charge in [0.2, 0.25) is 0 Å². The van der Waals surface area contributed by atoms with Crippen molar-refractivity contribution in [3.63, 3.8) is 0 Å². The lowest BCUT2D eigenvalue weighted by molar-refractivity contribution is 0.198. The van der Waals surface area contributed by atoms with Crippen LogP contribution in [0.5, 0.6) is 5.75 Å². The number of aromatic nitrogens is 2. The molecule has 1 unspecified atom stereocenters. The van der Waals surface area contributed by atoms with Gasteiger partial charge in [0, 0.05) is 49.1 Å². The molecule has 3 heterocycles. The summed E-state index contributed by atoms with van der Waals surface area (Å²) in [5.74, 6) is 2.26. The molecule has 5 nitrogen and oxygen atoms in total. The van der Waals surface area contributed by atoms with Gasteiger partial charge in [-0.15, -0.1) is 0 Å². The first-order chi connectivity index (χ1) is 14.3. The first-order valence-corrected chi connectivity index (χ1v) is 10.2. The smallest absolute Gasteiger partial charge is 0.130 e. The van der Waals surface area contributed by atoms with Gasteiger partial charge in [0.1, 0.15) is 11.6 Å². The zero-order valence-corrected chi connectivity index (χ0v) is 17.1. The number of benzene rings is 1. The van der Waals surface area contributed by atoms with Gasteiger partial charge in [-0.3, -0.25) is 9.88 Å². The summed E-state index contributed by atoms with van der Waals surface area (Å²) in [6, 6.07) is 18.6. The number of anilines is 1. The second-order valence-electron chi connectivity index (χ2n) is 7.48. The summed E-state index contributed by atoms with van der Waals surface area (Å²) in [6.45, 7) is 3.04. The predicted molar refractivity (Wildman–Crippen MR) is 117 cm³/mol. The quantitative estimate of drug-likeness (QED) is 0.670. The number of nitrogens with zero attached hydrogens (tertiary/aromatic N) is 3. The maximum Gasteiger partial charge on any atom is 0.130 e. The number of likely N-dealkylation sites (tertiary alicyclic amines) is 1. The Morgan fingerprint density at radius 2 is 2.00 bits per heavy atom. The van der Waals surface area contributed by atoms with Crippen LogP contribution in [0.3, 0.4) is 0 Å². The van der Waals surface area contributed by atoms with Crippen molar-refractivity contribution in [3.05, 3.63) is 72.1 Å². The summed E-state index contributed by atoms with van der Waals surface area (Å²) in [6.07, 6.45) is 4.19. The van der Waals surface area contributed by atoms with Crippen molar-refractivity contribution < 1.29 is 4.74 Å². The number of methoxy groups -OCH3 is 1. The Morgan fingerprint density at radius 1 is 1.10 bits per heavy atom. The van der Waals surface area contributed by atoms with E-state index in [-0.39, 0.29) is 0 Å². The molecule has 1 aromatic carbocycles. The maximum absolute atomic E-state index is 5.53. The lowest BCUT2D eigenvalue weighted by Crippen LogP contribution is -2.34. The summed E-state index contributed by atoms with van der Waals surface area (Å²) in [4.78, 5) is 12.0. The van der Waals surface area contributed by atoms with E-state index < -0.39 is 0 Å². The lowest BCUT2D eigenvalue weighted by Gasteiger charge is -2.33. The van der Waals surface area contributed by atoms with E-state index in [1.165, 1.54) is 18.4 Å². The largest absolute Gasteiger partial charge is 0.496 e. The van der Waals surface area contributed by atoms with E-state index in [4.69, 9.17) is 9.72 Å². The average Bonchev–Trinajstić information content (AvgIpc) is 2.79. The minimum absolute atomic E-state index is 0.438. The second kappa shape index (κ2) is 9.05. The Hall–Kier alpha value is -2.92. The minimum Gasteiger partial charge on any atom is -0.496 e. The summed E-state index contributed by atoms with van der Waals surface area (Å²) < 4.78 is 5.53.